The fraction of sp³-hybridized carbons (Fsp3) is 0.118. The highest BCUT2D eigenvalue weighted by Gasteiger charge is 2.02. The van der Waals surface area contributed by atoms with Crippen molar-refractivity contribution in [1.82, 2.24) is 4.57 Å². The maximum atomic E-state index is 8.97. The molecule has 2 heteroatoms. The molecule has 0 unspecified atom stereocenters. The Morgan fingerprint density at radius 1 is 1.00 bits per heavy atom. The monoisotopic (exact) mass is 246 g/mol. The lowest BCUT2D eigenvalue weighted by atomic mass is 10.1. The molecule has 2 nitrogen and oxygen atoms in total. The zero-order valence-corrected chi connectivity index (χ0v) is 10.6. The van der Waals surface area contributed by atoms with E-state index in [9.17, 15) is 0 Å². The predicted molar refractivity (Wildman–Crippen MR) is 76.8 cm³/mol. The van der Waals surface area contributed by atoms with Gasteiger partial charge in [-0.1, -0.05) is 36.4 Å². The van der Waals surface area contributed by atoms with Crippen molar-refractivity contribution in [3.63, 3.8) is 0 Å². The maximum absolute atomic E-state index is 8.97. The van der Waals surface area contributed by atoms with Gasteiger partial charge in [0.05, 0.1) is 11.6 Å². The molecule has 0 spiro atoms. The third kappa shape index (κ3) is 2.36. The van der Waals surface area contributed by atoms with Gasteiger partial charge in [0.1, 0.15) is 0 Å². The molecule has 0 aliphatic rings. The number of aromatic nitrogens is 1. The van der Waals surface area contributed by atoms with Crippen molar-refractivity contribution >= 4 is 10.9 Å². The highest BCUT2D eigenvalue weighted by molar-refractivity contribution is 5.81. The van der Waals surface area contributed by atoms with E-state index in [2.05, 4.69) is 47.2 Å². The highest BCUT2D eigenvalue weighted by Crippen LogP contribution is 2.18. The average molecular weight is 246 g/mol. The Morgan fingerprint density at radius 3 is 2.63 bits per heavy atom. The summed E-state index contributed by atoms with van der Waals surface area (Å²) in [6.07, 6.45) is 3.09. The summed E-state index contributed by atoms with van der Waals surface area (Å²) in [6, 6.07) is 20.6. The van der Waals surface area contributed by atoms with Gasteiger partial charge in [0.2, 0.25) is 0 Å². The number of hydrogen-bond donors (Lipinski definition) is 0. The first-order chi connectivity index (χ1) is 9.36. The van der Waals surface area contributed by atoms with E-state index in [4.69, 9.17) is 5.26 Å². The Bertz CT molecular complexity index is 733. The van der Waals surface area contributed by atoms with Gasteiger partial charge in [-0.2, -0.15) is 5.26 Å². The smallest absolute Gasteiger partial charge is 0.0992 e. The van der Waals surface area contributed by atoms with E-state index in [1.54, 1.807) is 0 Å². The molecule has 0 saturated heterocycles. The molecule has 19 heavy (non-hydrogen) atoms. The summed E-state index contributed by atoms with van der Waals surface area (Å²) < 4.78 is 2.21. The van der Waals surface area contributed by atoms with Gasteiger partial charge >= 0.3 is 0 Å². The highest BCUT2D eigenvalue weighted by atomic mass is 14.9. The topological polar surface area (TPSA) is 28.7 Å². The molecule has 1 heterocycles. The summed E-state index contributed by atoms with van der Waals surface area (Å²) in [5.41, 5.74) is 3.18. The second kappa shape index (κ2) is 4.99. The first-order valence-corrected chi connectivity index (χ1v) is 6.40. The fourth-order valence-electron chi connectivity index (χ4n) is 2.34. The standard InChI is InChI=1S/C17H14N2/c18-13-15-6-7-16-9-11-19(17(16)12-15)10-8-14-4-2-1-3-5-14/h1-7,9,11-12H,8,10H2. The van der Waals surface area contributed by atoms with Crippen molar-refractivity contribution in [2.75, 3.05) is 0 Å². The molecule has 3 rings (SSSR count). The number of hydrogen-bond acceptors (Lipinski definition) is 1. The second-order valence-corrected chi connectivity index (χ2v) is 4.63. The lowest BCUT2D eigenvalue weighted by molar-refractivity contribution is 0.723. The van der Waals surface area contributed by atoms with Crippen molar-refractivity contribution in [2.45, 2.75) is 13.0 Å². The molecule has 2 aromatic carbocycles. The molecule has 0 saturated carbocycles. The zero-order valence-electron chi connectivity index (χ0n) is 10.6. The minimum Gasteiger partial charge on any atom is -0.347 e. The van der Waals surface area contributed by atoms with Crippen molar-refractivity contribution in [1.29, 1.82) is 5.26 Å². The minimum absolute atomic E-state index is 0.715. The maximum Gasteiger partial charge on any atom is 0.0992 e. The average Bonchev–Trinajstić information content (AvgIpc) is 2.88. The van der Waals surface area contributed by atoms with E-state index in [1.165, 1.54) is 10.9 Å². The number of nitriles is 1. The van der Waals surface area contributed by atoms with Gasteiger partial charge in [-0.25, -0.2) is 0 Å². The van der Waals surface area contributed by atoms with E-state index in [-0.39, 0.29) is 0 Å². The first-order valence-electron chi connectivity index (χ1n) is 6.40. The van der Waals surface area contributed by atoms with Crippen LogP contribution < -0.4 is 0 Å². The van der Waals surface area contributed by atoms with E-state index in [0.717, 1.165) is 18.5 Å². The van der Waals surface area contributed by atoms with Gasteiger partial charge < -0.3 is 4.57 Å². The van der Waals surface area contributed by atoms with Crippen LogP contribution >= 0.6 is 0 Å². The molecule has 3 aromatic rings. The summed E-state index contributed by atoms with van der Waals surface area (Å²) in [6.45, 7) is 0.933. The van der Waals surface area contributed by atoms with Crippen LogP contribution in [0.25, 0.3) is 10.9 Å². The molecule has 92 valence electrons. The minimum atomic E-state index is 0.715. The molecule has 0 radical (unpaired) electrons. The van der Waals surface area contributed by atoms with Crippen molar-refractivity contribution in [3.05, 3.63) is 71.9 Å². The van der Waals surface area contributed by atoms with Crippen LogP contribution in [0.3, 0.4) is 0 Å². The Morgan fingerprint density at radius 2 is 1.84 bits per heavy atom. The first kappa shape index (κ1) is 11.6. The Kier molecular flexibility index (Phi) is 3.04. The summed E-state index contributed by atoms with van der Waals surface area (Å²) >= 11 is 0. The van der Waals surface area contributed by atoms with Crippen LogP contribution in [0.4, 0.5) is 0 Å². The number of nitrogens with zero attached hydrogens (tertiary/aromatic N) is 2. The van der Waals surface area contributed by atoms with Crippen molar-refractivity contribution < 1.29 is 0 Å². The number of fused-ring (bicyclic) bond motifs is 1. The van der Waals surface area contributed by atoms with Gasteiger partial charge in [0, 0.05) is 18.3 Å². The summed E-state index contributed by atoms with van der Waals surface area (Å²) in [7, 11) is 0. The molecule has 0 aliphatic carbocycles. The summed E-state index contributed by atoms with van der Waals surface area (Å²) in [5, 5.41) is 10.2. The largest absolute Gasteiger partial charge is 0.347 e. The molecule has 0 N–H and O–H groups in total. The molecule has 0 fully saturated rings. The number of benzene rings is 2. The molecule has 0 bridgehead atoms. The van der Waals surface area contributed by atoms with Crippen LogP contribution in [0.5, 0.6) is 0 Å². The van der Waals surface area contributed by atoms with E-state index in [1.807, 2.05) is 24.3 Å². The Labute approximate surface area is 112 Å². The second-order valence-electron chi connectivity index (χ2n) is 4.63. The van der Waals surface area contributed by atoms with Gasteiger partial charge in [-0.05, 0) is 35.6 Å². The number of rotatable bonds is 3. The predicted octanol–water partition coefficient (Wildman–Crippen LogP) is 3.76. The molecular weight excluding hydrogens is 232 g/mol. The van der Waals surface area contributed by atoms with E-state index >= 15 is 0 Å². The number of aryl methyl sites for hydroxylation is 2. The Hall–Kier alpha value is -2.53. The summed E-state index contributed by atoms with van der Waals surface area (Å²) in [4.78, 5) is 0. The van der Waals surface area contributed by atoms with Crippen LogP contribution in [0.1, 0.15) is 11.1 Å². The molecular formula is C17H14N2. The molecule has 0 aliphatic heterocycles. The van der Waals surface area contributed by atoms with Gasteiger partial charge in [0.25, 0.3) is 0 Å². The normalized spacial score (nSPS) is 10.5. The third-order valence-electron chi connectivity index (χ3n) is 3.39. The SMILES string of the molecule is N#Cc1ccc2ccn(CCc3ccccc3)c2c1. The van der Waals surface area contributed by atoms with Gasteiger partial charge in [0.15, 0.2) is 0 Å². The molecule has 1 aromatic heterocycles. The van der Waals surface area contributed by atoms with E-state index < -0.39 is 0 Å². The van der Waals surface area contributed by atoms with Crippen LogP contribution in [-0.4, -0.2) is 4.57 Å². The van der Waals surface area contributed by atoms with E-state index in [0.29, 0.717) is 5.56 Å². The van der Waals surface area contributed by atoms with Crippen molar-refractivity contribution in [2.24, 2.45) is 0 Å². The van der Waals surface area contributed by atoms with Crippen LogP contribution in [-0.2, 0) is 13.0 Å². The fourth-order valence-corrected chi connectivity index (χ4v) is 2.34. The van der Waals surface area contributed by atoms with Crippen LogP contribution in [0, 0.1) is 11.3 Å². The molecule has 0 atom stereocenters. The van der Waals surface area contributed by atoms with Gasteiger partial charge in [-0.15, -0.1) is 0 Å². The Balaban J connectivity index is 1.87. The van der Waals surface area contributed by atoms with Crippen LogP contribution in [0.15, 0.2) is 60.8 Å². The summed E-state index contributed by atoms with van der Waals surface area (Å²) in [5.74, 6) is 0. The molecule has 0 amide bonds. The lowest BCUT2D eigenvalue weighted by Crippen LogP contribution is -1.99. The van der Waals surface area contributed by atoms with Gasteiger partial charge in [-0.3, -0.25) is 0 Å². The quantitative estimate of drug-likeness (QED) is 0.691. The lowest BCUT2D eigenvalue weighted by Gasteiger charge is -2.06. The third-order valence-corrected chi connectivity index (χ3v) is 3.39. The zero-order chi connectivity index (χ0) is 13.1. The van der Waals surface area contributed by atoms with Crippen LogP contribution in [0.2, 0.25) is 0 Å². The van der Waals surface area contributed by atoms with Crippen molar-refractivity contribution in [3.8, 4) is 6.07 Å².